The Morgan fingerprint density at radius 2 is 2.47 bits per heavy atom. The molecule has 0 saturated carbocycles. The van der Waals surface area contributed by atoms with Crippen molar-refractivity contribution in [2.75, 3.05) is 6.54 Å². The van der Waals surface area contributed by atoms with Gasteiger partial charge in [-0.1, -0.05) is 5.16 Å². The fraction of sp³-hybridized carbons (Fsp3) is 0.200. The number of rotatable bonds is 3. The molecule has 1 amide bonds. The van der Waals surface area contributed by atoms with Crippen molar-refractivity contribution in [1.82, 2.24) is 20.4 Å². The van der Waals surface area contributed by atoms with Crippen molar-refractivity contribution in [2.45, 2.75) is 6.92 Å². The van der Waals surface area contributed by atoms with Gasteiger partial charge in [-0.3, -0.25) is 4.79 Å². The first-order valence-electron chi connectivity index (χ1n) is 4.96. The molecule has 0 bridgehead atoms. The Kier molecular flexibility index (Phi) is 2.87. The Labute approximate surface area is 96.4 Å². The first-order chi connectivity index (χ1) is 8.24. The van der Waals surface area contributed by atoms with Crippen LogP contribution in [0.3, 0.4) is 0 Å². The molecule has 0 aromatic carbocycles. The van der Waals surface area contributed by atoms with Gasteiger partial charge >= 0.3 is 0 Å². The summed E-state index contributed by atoms with van der Waals surface area (Å²) in [6.07, 6.45) is 0. The zero-order valence-electron chi connectivity index (χ0n) is 9.02. The van der Waals surface area contributed by atoms with Gasteiger partial charge in [0.1, 0.15) is 17.5 Å². The molecular formula is C10H9N5O2. The summed E-state index contributed by atoms with van der Waals surface area (Å²) in [6.45, 7) is 2.28. The Morgan fingerprint density at radius 1 is 1.65 bits per heavy atom. The molecule has 7 nitrogen and oxygen atoms in total. The minimum absolute atomic E-state index is 0.0324. The predicted molar refractivity (Wildman–Crippen MR) is 56.8 cm³/mol. The summed E-state index contributed by atoms with van der Waals surface area (Å²) in [4.78, 5) is 18.1. The third-order valence-electron chi connectivity index (χ3n) is 2.00. The number of nitrogens with zero attached hydrogens (tertiary/aromatic N) is 3. The highest BCUT2D eigenvalue weighted by molar-refractivity contribution is 5.90. The Morgan fingerprint density at radius 3 is 3.12 bits per heavy atom. The molecule has 2 aromatic heterocycles. The van der Waals surface area contributed by atoms with E-state index in [1.54, 1.807) is 19.1 Å². The van der Waals surface area contributed by atoms with Crippen LogP contribution in [-0.4, -0.2) is 27.6 Å². The lowest BCUT2D eigenvalue weighted by Crippen LogP contribution is -2.23. The maximum Gasteiger partial charge on any atom is 0.292 e. The van der Waals surface area contributed by atoms with Gasteiger partial charge in [0.2, 0.25) is 0 Å². The van der Waals surface area contributed by atoms with Crippen LogP contribution in [0.15, 0.2) is 16.7 Å². The number of carbonyl (C=O) groups is 1. The third-order valence-corrected chi connectivity index (χ3v) is 2.00. The molecule has 0 spiro atoms. The van der Waals surface area contributed by atoms with Gasteiger partial charge in [-0.25, -0.2) is 0 Å². The quantitative estimate of drug-likeness (QED) is 0.807. The van der Waals surface area contributed by atoms with Crippen LogP contribution in [0, 0.1) is 11.3 Å². The molecule has 17 heavy (non-hydrogen) atoms. The number of carbonyl (C=O) groups excluding carboxylic acids is 1. The van der Waals surface area contributed by atoms with Crippen LogP contribution in [-0.2, 0) is 0 Å². The lowest BCUT2D eigenvalue weighted by molar-refractivity contribution is 0.0942. The molecule has 0 fully saturated rings. The van der Waals surface area contributed by atoms with Crippen LogP contribution in [0.2, 0.25) is 0 Å². The number of aromatic nitrogens is 3. The van der Waals surface area contributed by atoms with Crippen molar-refractivity contribution in [3.05, 3.63) is 23.7 Å². The number of nitriles is 1. The maximum atomic E-state index is 11.4. The lowest BCUT2D eigenvalue weighted by Gasteiger charge is -1.93. The first-order valence-corrected chi connectivity index (χ1v) is 4.96. The smallest absolute Gasteiger partial charge is 0.292 e. The highest BCUT2D eigenvalue weighted by atomic mass is 16.5. The molecule has 7 heteroatoms. The summed E-state index contributed by atoms with van der Waals surface area (Å²) in [5.41, 5.74) is 0.891. The zero-order chi connectivity index (χ0) is 12.3. The highest BCUT2D eigenvalue weighted by Gasteiger charge is 2.15. The van der Waals surface area contributed by atoms with Crippen molar-refractivity contribution in [3.63, 3.8) is 0 Å². The first kappa shape index (κ1) is 10.9. The summed E-state index contributed by atoms with van der Waals surface area (Å²) in [6, 6.07) is 5.16. The van der Waals surface area contributed by atoms with E-state index in [-0.39, 0.29) is 11.7 Å². The van der Waals surface area contributed by atoms with Gasteiger partial charge in [0, 0.05) is 6.54 Å². The molecule has 2 rings (SSSR count). The molecule has 2 N–H and O–H groups in total. The van der Waals surface area contributed by atoms with Gasteiger partial charge in [0.15, 0.2) is 0 Å². The zero-order valence-corrected chi connectivity index (χ0v) is 9.02. The van der Waals surface area contributed by atoms with Crippen molar-refractivity contribution in [3.8, 4) is 17.7 Å². The van der Waals surface area contributed by atoms with E-state index >= 15 is 0 Å². The molecule has 0 aliphatic carbocycles. The molecule has 0 aliphatic rings. The van der Waals surface area contributed by atoms with E-state index in [0.717, 1.165) is 0 Å². The SMILES string of the molecule is CCNC(=O)c1noc(-c2ccc(C#N)[nH]2)n1. The number of aromatic amines is 1. The van der Waals surface area contributed by atoms with Crippen LogP contribution in [0.1, 0.15) is 23.2 Å². The molecule has 0 aliphatic heterocycles. The summed E-state index contributed by atoms with van der Waals surface area (Å²) in [5.74, 6) is -0.253. The van der Waals surface area contributed by atoms with Gasteiger partial charge in [0.25, 0.3) is 17.6 Å². The average Bonchev–Trinajstić information content (AvgIpc) is 2.98. The Hall–Kier alpha value is -2.62. The number of hydrogen-bond donors (Lipinski definition) is 2. The second-order valence-corrected chi connectivity index (χ2v) is 3.18. The van der Waals surface area contributed by atoms with Crippen molar-refractivity contribution >= 4 is 5.91 Å². The summed E-state index contributed by atoms with van der Waals surface area (Å²) in [7, 11) is 0. The molecule has 0 radical (unpaired) electrons. The number of amides is 1. The van der Waals surface area contributed by atoms with Gasteiger partial charge in [0.05, 0.1) is 0 Å². The Balaban J connectivity index is 2.24. The van der Waals surface area contributed by atoms with E-state index in [1.165, 1.54) is 0 Å². The van der Waals surface area contributed by atoms with Crippen LogP contribution < -0.4 is 5.32 Å². The highest BCUT2D eigenvalue weighted by Crippen LogP contribution is 2.15. The summed E-state index contributed by atoms with van der Waals surface area (Å²) >= 11 is 0. The van der Waals surface area contributed by atoms with E-state index < -0.39 is 5.91 Å². The number of nitrogens with one attached hydrogen (secondary N) is 2. The number of hydrogen-bond acceptors (Lipinski definition) is 5. The fourth-order valence-corrected chi connectivity index (χ4v) is 1.25. The van der Waals surface area contributed by atoms with Gasteiger partial charge in [-0.15, -0.1) is 0 Å². The predicted octanol–water partition coefficient (Wildman–Crippen LogP) is 0.686. The third kappa shape index (κ3) is 2.15. The van der Waals surface area contributed by atoms with E-state index in [4.69, 9.17) is 9.78 Å². The van der Waals surface area contributed by atoms with E-state index in [1.807, 2.05) is 6.07 Å². The van der Waals surface area contributed by atoms with Gasteiger partial charge in [-0.2, -0.15) is 10.2 Å². The fourth-order valence-electron chi connectivity index (χ4n) is 1.25. The molecule has 2 heterocycles. The standard InChI is InChI=1S/C10H9N5O2/c1-2-12-9(16)8-14-10(17-15-8)7-4-3-6(5-11)13-7/h3-4,13H,2H2,1H3,(H,12,16). The van der Waals surface area contributed by atoms with Crippen LogP contribution >= 0.6 is 0 Å². The molecule has 2 aromatic rings. The van der Waals surface area contributed by atoms with Crippen LogP contribution in [0.25, 0.3) is 11.6 Å². The van der Waals surface area contributed by atoms with Crippen LogP contribution in [0.5, 0.6) is 0 Å². The second-order valence-electron chi connectivity index (χ2n) is 3.18. The summed E-state index contributed by atoms with van der Waals surface area (Å²) in [5, 5.41) is 14.8. The largest absolute Gasteiger partial charge is 0.349 e. The van der Waals surface area contributed by atoms with Crippen molar-refractivity contribution < 1.29 is 9.32 Å². The minimum atomic E-state index is -0.394. The number of H-pyrrole nitrogens is 1. The molecular weight excluding hydrogens is 222 g/mol. The molecule has 0 unspecified atom stereocenters. The van der Waals surface area contributed by atoms with E-state index in [2.05, 4.69) is 20.4 Å². The average molecular weight is 231 g/mol. The van der Waals surface area contributed by atoms with Crippen LogP contribution in [0.4, 0.5) is 0 Å². The molecule has 0 saturated heterocycles. The minimum Gasteiger partial charge on any atom is -0.349 e. The van der Waals surface area contributed by atoms with E-state index in [9.17, 15) is 4.79 Å². The Bertz CT molecular complexity index is 578. The van der Waals surface area contributed by atoms with Gasteiger partial charge < -0.3 is 14.8 Å². The monoisotopic (exact) mass is 231 g/mol. The normalized spacial score (nSPS) is 9.88. The lowest BCUT2D eigenvalue weighted by atomic mass is 10.4. The molecule has 0 atom stereocenters. The summed E-state index contributed by atoms with van der Waals surface area (Å²) < 4.78 is 4.91. The topological polar surface area (TPSA) is 108 Å². The van der Waals surface area contributed by atoms with Gasteiger partial charge in [-0.05, 0) is 19.1 Å². The van der Waals surface area contributed by atoms with Crippen molar-refractivity contribution in [2.24, 2.45) is 0 Å². The maximum absolute atomic E-state index is 11.4. The molecule has 86 valence electrons. The van der Waals surface area contributed by atoms with Crippen molar-refractivity contribution in [1.29, 1.82) is 5.26 Å². The second kappa shape index (κ2) is 4.49. The van der Waals surface area contributed by atoms with E-state index in [0.29, 0.717) is 17.9 Å².